The first-order valence-electron chi connectivity index (χ1n) is 6.63. The average molecular weight is 350 g/mol. The Bertz CT molecular complexity index is 820. The molecule has 0 radical (unpaired) electrons. The number of fused-ring (bicyclic) bond motifs is 1. The smallest absolute Gasteiger partial charge is 0.258 e. The van der Waals surface area contributed by atoms with Gasteiger partial charge in [0, 0.05) is 11.9 Å². The topological polar surface area (TPSA) is 77.2 Å². The number of pyridine rings is 1. The Balaban J connectivity index is 1.60. The van der Waals surface area contributed by atoms with Crippen molar-refractivity contribution < 1.29 is 13.9 Å². The standard InChI is InChI=1S/C15H12ClN3O3S/c1-21-11-5-4-9(7-10(11)16)18-13(20)8-23-15-19-14-12(22-15)3-2-6-17-14/h2-7H,8H2,1H3,(H,18,20). The molecule has 0 spiro atoms. The quantitative estimate of drug-likeness (QED) is 0.709. The molecule has 0 saturated carbocycles. The van der Waals surface area contributed by atoms with E-state index in [2.05, 4.69) is 15.3 Å². The van der Waals surface area contributed by atoms with Crippen LogP contribution in [0.25, 0.3) is 11.2 Å². The van der Waals surface area contributed by atoms with Crippen molar-refractivity contribution in [2.45, 2.75) is 5.22 Å². The van der Waals surface area contributed by atoms with Crippen molar-refractivity contribution in [1.29, 1.82) is 0 Å². The molecule has 1 aromatic carbocycles. The molecular weight excluding hydrogens is 338 g/mol. The second-order valence-electron chi connectivity index (χ2n) is 4.49. The molecule has 2 aromatic heterocycles. The van der Waals surface area contributed by atoms with Gasteiger partial charge in [-0.05, 0) is 30.3 Å². The fraction of sp³-hybridized carbons (Fsp3) is 0.133. The van der Waals surface area contributed by atoms with Crippen molar-refractivity contribution >= 4 is 46.2 Å². The van der Waals surface area contributed by atoms with E-state index < -0.39 is 0 Å². The van der Waals surface area contributed by atoms with E-state index in [0.29, 0.717) is 32.9 Å². The molecule has 3 rings (SSSR count). The fourth-order valence-electron chi connectivity index (χ4n) is 1.88. The molecule has 0 saturated heterocycles. The Morgan fingerprint density at radius 3 is 3.04 bits per heavy atom. The first kappa shape index (κ1) is 15.6. The Kier molecular flexibility index (Phi) is 4.68. The number of amides is 1. The first-order chi connectivity index (χ1) is 11.2. The summed E-state index contributed by atoms with van der Waals surface area (Å²) in [5.74, 6) is 0.528. The predicted octanol–water partition coefficient (Wildman–Crippen LogP) is 3.62. The summed E-state index contributed by atoms with van der Waals surface area (Å²) in [5, 5.41) is 3.59. The van der Waals surface area contributed by atoms with Gasteiger partial charge in [-0.3, -0.25) is 4.79 Å². The molecular formula is C15H12ClN3O3S. The number of ether oxygens (including phenoxy) is 1. The number of anilines is 1. The molecule has 2 heterocycles. The molecule has 8 heteroatoms. The highest BCUT2D eigenvalue weighted by atomic mass is 35.5. The van der Waals surface area contributed by atoms with Crippen LogP contribution >= 0.6 is 23.4 Å². The summed E-state index contributed by atoms with van der Waals surface area (Å²) in [6, 6.07) is 8.58. The highest BCUT2D eigenvalue weighted by Crippen LogP contribution is 2.27. The van der Waals surface area contributed by atoms with E-state index in [1.54, 1.807) is 36.5 Å². The van der Waals surface area contributed by atoms with E-state index in [4.69, 9.17) is 20.8 Å². The molecule has 6 nitrogen and oxygen atoms in total. The molecule has 0 bridgehead atoms. The summed E-state index contributed by atoms with van der Waals surface area (Å²) in [7, 11) is 1.53. The maximum Gasteiger partial charge on any atom is 0.258 e. The van der Waals surface area contributed by atoms with E-state index in [1.165, 1.54) is 18.9 Å². The van der Waals surface area contributed by atoms with Gasteiger partial charge in [0.25, 0.3) is 5.22 Å². The van der Waals surface area contributed by atoms with E-state index in [0.717, 1.165) is 0 Å². The summed E-state index contributed by atoms with van der Waals surface area (Å²) in [5.41, 5.74) is 1.72. The van der Waals surface area contributed by atoms with Crippen molar-refractivity contribution in [1.82, 2.24) is 9.97 Å². The van der Waals surface area contributed by atoms with Crippen LogP contribution in [0.5, 0.6) is 5.75 Å². The average Bonchev–Trinajstić information content (AvgIpc) is 2.96. The Morgan fingerprint density at radius 2 is 2.30 bits per heavy atom. The Morgan fingerprint density at radius 1 is 1.43 bits per heavy atom. The number of oxazole rings is 1. The summed E-state index contributed by atoms with van der Waals surface area (Å²) in [4.78, 5) is 20.2. The third kappa shape index (κ3) is 3.75. The van der Waals surface area contributed by atoms with Crippen LogP contribution in [0.15, 0.2) is 46.2 Å². The summed E-state index contributed by atoms with van der Waals surface area (Å²) in [6.45, 7) is 0. The zero-order valence-electron chi connectivity index (χ0n) is 12.1. The number of aromatic nitrogens is 2. The number of rotatable bonds is 5. The SMILES string of the molecule is COc1ccc(NC(=O)CSc2nc3ncccc3o2)cc1Cl. The molecule has 23 heavy (non-hydrogen) atoms. The third-order valence-electron chi connectivity index (χ3n) is 2.91. The van der Waals surface area contributed by atoms with Crippen LogP contribution in [0, 0.1) is 0 Å². The molecule has 118 valence electrons. The van der Waals surface area contributed by atoms with Crippen molar-refractivity contribution in [3.63, 3.8) is 0 Å². The molecule has 0 aliphatic carbocycles. The number of hydrogen-bond donors (Lipinski definition) is 1. The lowest BCUT2D eigenvalue weighted by Crippen LogP contribution is -2.13. The maximum atomic E-state index is 12.0. The first-order valence-corrected chi connectivity index (χ1v) is 8.00. The lowest BCUT2D eigenvalue weighted by atomic mass is 10.3. The number of thioether (sulfide) groups is 1. The fourth-order valence-corrected chi connectivity index (χ4v) is 2.76. The van der Waals surface area contributed by atoms with Crippen LogP contribution in [-0.4, -0.2) is 28.7 Å². The van der Waals surface area contributed by atoms with E-state index in [-0.39, 0.29) is 11.7 Å². The lowest BCUT2D eigenvalue weighted by Gasteiger charge is -2.07. The van der Waals surface area contributed by atoms with Gasteiger partial charge < -0.3 is 14.5 Å². The summed E-state index contributed by atoms with van der Waals surface area (Å²) < 4.78 is 10.6. The number of carbonyl (C=O) groups excluding carboxylic acids is 1. The summed E-state index contributed by atoms with van der Waals surface area (Å²) in [6.07, 6.45) is 1.64. The molecule has 0 fully saturated rings. The van der Waals surface area contributed by atoms with Crippen LogP contribution in [0.4, 0.5) is 5.69 Å². The van der Waals surface area contributed by atoms with Crippen molar-refractivity contribution in [3.05, 3.63) is 41.6 Å². The number of hydrogen-bond acceptors (Lipinski definition) is 6. The van der Waals surface area contributed by atoms with E-state index in [1.807, 2.05) is 0 Å². The monoisotopic (exact) mass is 349 g/mol. The predicted molar refractivity (Wildman–Crippen MR) is 89.2 cm³/mol. The van der Waals surface area contributed by atoms with Gasteiger partial charge in [0.15, 0.2) is 11.2 Å². The molecule has 0 atom stereocenters. The number of halogens is 1. The largest absolute Gasteiger partial charge is 0.495 e. The number of methoxy groups -OCH3 is 1. The second-order valence-corrected chi connectivity index (χ2v) is 5.82. The summed E-state index contributed by atoms with van der Waals surface area (Å²) >= 11 is 7.22. The van der Waals surface area contributed by atoms with Crippen molar-refractivity contribution in [3.8, 4) is 5.75 Å². The lowest BCUT2D eigenvalue weighted by molar-refractivity contribution is -0.113. The van der Waals surface area contributed by atoms with Gasteiger partial charge in [0.05, 0.1) is 17.9 Å². The number of nitrogens with one attached hydrogen (secondary N) is 1. The molecule has 3 aromatic rings. The van der Waals surface area contributed by atoms with Gasteiger partial charge in [0.2, 0.25) is 5.91 Å². The van der Waals surface area contributed by atoms with Gasteiger partial charge in [-0.15, -0.1) is 0 Å². The number of carbonyl (C=O) groups is 1. The minimum atomic E-state index is -0.188. The van der Waals surface area contributed by atoms with Crippen molar-refractivity contribution in [2.75, 3.05) is 18.2 Å². The normalized spacial score (nSPS) is 10.7. The van der Waals surface area contributed by atoms with Crippen LogP contribution < -0.4 is 10.1 Å². The van der Waals surface area contributed by atoms with Gasteiger partial charge in [-0.2, -0.15) is 4.98 Å². The number of benzene rings is 1. The zero-order valence-corrected chi connectivity index (χ0v) is 13.6. The molecule has 0 unspecified atom stereocenters. The Hall–Kier alpha value is -2.25. The van der Waals surface area contributed by atoms with Gasteiger partial charge >= 0.3 is 0 Å². The zero-order chi connectivity index (χ0) is 16.2. The van der Waals surface area contributed by atoms with Gasteiger partial charge in [-0.1, -0.05) is 23.4 Å². The van der Waals surface area contributed by atoms with Crippen LogP contribution in [0.2, 0.25) is 5.02 Å². The van der Waals surface area contributed by atoms with E-state index >= 15 is 0 Å². The Labute approximate surface area is 141 Å². The van der Waals surface area contributed by atoms with E-state index in [9.17, 15) is 4.79 Å². The molecule has 0 aliphatic rings. The van der Waals surface area contributed by atoms with Crippen LogP contribution in [0.1, 0.15) is 0 Å². The van der Waals surface area contributed by atoms with Gasteiger partial charge in [0.1, 0.15) is 5.75 Å². The molecule has 0 aliphatic heterocycles. The number of nitrogens with zero attached hydrogens (tertiary/aromatic N) is 2. The van der Waals surface area contributed by atoms with Crippen LogP contribution in [0.3, 0.4) is 0 Å². The third-order valence-corrected chi connectivity index (χ3v) is 4.03. The minimum Gasteiger partial charge on any atom is -0.495 e. The minimum absolute atomic E-state index is 0.163. The van der Waals surface area contributed by atoms with Gasteiger partial charge in [-0.25, -0.2) is 4.98 Å². The highest BCUT2D eigenvalue weighted by molar-refractivity contribution is 7.99. The molecule has 1 N–H and O–H groups in total. The highest BCUT2D eigenvalue weighted by Gasteiger charge is 2.10. The maximum absolute atomic E-state index is 12.0. The van der Waals surface area contributed by atoms with Crippen LogP contribution in [-0.2, 0) is 4.79 Å². The molecule has 1 amide bonds. The second kappa shape index (κ2) is 6.89. The van der Waals surface area contributed by atoms with Crippen molar-refractivity contribution in [2.24, 2.45) is 0 Å².